The molecular weight excluding hydrogens is 300 g/mol. The molecule has 3 N–H and O–H groups in total. The number of hydrogen-bond acceptors (Lipinski definition) is 6. The number of aromatic nitrogens is 2. The van der Waals surface area contributed by atoms with E-state index in [1.165, 1.54) is 27.7 Å². The number of nitrogens with zero attached hydrogens (tertiary/aromatic N) is 2. The summed E-state index contributed by atoms with van der Waals surface area (Å²) in [6.07, 6.45) is 0.116. The van der Waals surface area contributed by atoms with Gasteiger partial charge in [0.2, 0.25) is 5.91 Å². The number of carbonyl (C=O) groups excluding carboxylic acids is 2. The molecule has 3 amide bonds. The number of amides is 3. The first-order valence-electron chi connectivity index (χ1n) is 5.65. The third-order valence-corrected chi connectivity index (χ3v) is 4.39. The van der Waals surface area contributed by atoms with Crippen molar-refractivity contribution in [3.05, 3.63) is 21.8 Å². The summed E-state index contributed by atoms with van der Waals surface area (Å²) in [5.74, 6) is -0.0544. The van der Waals surface area contributed by atoms with Gasteiger partial charge in [-0.3, -0.25) is 19.5 Å². The van der Waals surface area contributed by atoms with E-state index in [0.29, 0.717) is 21.1 Å². The molecule has 0 aliphatic carbocycles. The van der Waals surface area contributed by atoms with Crippen molar-refractivity contribution in [1.29, 1.82) is 0 Å². The molecule has 106 valence electrons. The first kappa shape index (κ1) is 14.5. The number of primary amides is 1. The first-order chi connectivity index (χ1) is 9.49. The van der Waals surface area contributed by atoms with Gasteiger partial charge in [-0.15, -0.1) is 11.3 Å². The van der Waals surface area contributed by atoms with Crippen LogP contribution in [0.3, 0.4) is 0 Å². The second-order valence-corrected chi connectivity index (χ2v) is 5.88. The number of hydrogen-bond donors (Lipinski definition) is 2. The van der Waals surface area contributed by atoms with Crippen LogP contribution in [0.25, 0.3) is 10.2 Å². The maximum atomic E-state index is 12.0. The average molecular weight is 312 g/mol. The maximum Gasteiger partial charge on any atom is 0.318 e. The number of thiophene rings is 1. The second kappa shape index (κ2) is 6.06. The van der Waals surface area contributed by atoms with E-state index in [9.17, 15) is 14.4 Å². The van der Waals surface area contributed by atoms with Crippen molar-refractivity contribution < 1.29 is 9.59 Å². The summed E-state index contributed by atoms with van der Waals surface area (Å²) in [7, 11) is 1.64. The molecule has 2 aromatic rings. The predicted molar refractivity (Wildman–Crippen MR) is 77.9 cm³/mol. The van der Waals surface area contributed by atoms with Gasteiger partial charge >= 0.3 is 6.03 Å². The van der Waals surface area contributed by atoms with Gasteiger partial charge in [0.15, 0.2) is 5.16 Å². The van der Waals surface area contributed by atoms with Crippen molar-refractivity contribution in [2.45, 2.75) is 11.6 Å². The van der Waals surface area contributed by atoms with Gasteiger partial charge in [-0.1, -0.05) is 11.8 Å². The van der Waals surface area contributed by atoms with Crippen LogP contribution in [0.2, 0.25) is 0 Å². The number of imide groups is 1. The van der Waals surface area contributed by atoms with Crippen molar-refractivity contribution in [3.8, 4) is 0 Å². The largest absolute Gasteiger partial charge is 0.351 e. The highest BCUT2D eigenvalue weighted by atomic mass is 32.2. The topological polar surface area (TPSA) is 107 Å². The fraction of sp³-hybridized carbons (Fsp3) is 0.273. The van der Waals surface area contributed by atoms with Crippen LogP contribution in [0.5, 0.6) is 0 Å². The van der Waals surface area contributed by atoms with Crippen LogP contribution < -0.4 is 16.6 Å². The quantitative estimate of drug-likeness (QED) is 0.637. The van der Waals surface area contributed by atoms with E-state index >= 15 is 0 Å². The minimum Gasteiger partial charge on any atom is -0.351 e. The van der Waals surface area contributed by atoms with Crippen LogP contribution in [-0.2, 0) is 11.8 Å². The normalized spacial score (nSPS) is 10.7. The molecule has 2 rings (SSSR count). The van der Waals surface area contributed by atoms with Gasteiger partial charge in [0.25, 0.3) is 5.56 Å². The summed E-state index contributed by atoms with van der Waals surface area (Å²) < 4.78 is 2.07. The molecule has 0 atom stereocenters. The Morgan fingerprint density at radius 1 is 1.55 bits per heavy atom. The third-order valence-electron chi connectivity index (χ3n) is 2.47. The highest BCUT2D eigenvalue weighted by Gasteiger charge is 2.11. The van der Waals surface area contributed by atoms with Crippen LogP contribution in [0.1, 0.15) is 6.42 Å². The number of nitrogens with one attached hydrogen (secondary N) is 1. The standard InChI is InChI=1S/C11H12N4O3S2/c1-15-9(17)8-6(2-4-19-8)13-11(15)20-5-3-7(16)14-10(12)18/h2,4H,3,5H2,1H3,(H3,12,14,16,18). The molecule has 0 aliphatic rings. The zero-order chi connectivity index (χ0) is 14.7. The summed E-state index contributed by atoms with van der Waals surface area (Å²) in [6, 6.07) is 0.913. The Morgan fingerprint density at radius 3 is 3.00 bits per heavy atom. The van der Waals surface area contributed by atoms with E-state index in [1.54, 1.807) is 13.1 Å². The van der Waals surface area contributed by atoms with E-state index in [0.717, 1.165) is 0 Å². The molecule has 7 nitrogen and oxygen atoms in total. The summed E-state index contributed by atoms with van der Waals surface area (Å²) in [5, 5.41) is 4.33. The lowest BCUT2D eigenvalue weighted by molar-refractivity contribution is -0.119. The van der Waals surface area contributed by atoms with Gasteiger partial charge in [0, 0.05) is 19.2 Å². The summed E-state index contributed by atoms with van der Waals surface area (Å²) in [5.41, 5.74) is 5.39. The van der Waals surface area contributed by atoms with Gasteiger partial charge in [-0.2, -0.15) is 0 Å². The Hall–Kier alpha value is -1.87. The minimum absolute atomic E-state index is 0.103. The van der Waals surface area contributed by atoms with Crippen LogP contribution in [-0.4, -0.2) is 27.2 Å². The molecule has 0 bridgehead atoms. The Bertz CT molecular complexity index is 722. The molecular formula is C11H12N4O3S2. The second-order valence-electron chi connectivity index (χ2n) is 3.90. The lowest BCUT2D eigenvalue weighted by Crippen LogP contribution is -2.35. The number of fused-ring (bicyclic) bond motifs is 1. The summed E-state index contributed by atoms with van der Waals surface area (Å²) in [4.78, 5) is 38.1. The Labute approximate surface area is 122 Å². The molecule has 9 heteroatoms. The van der Waals surface area contributed by atoms with Gasteiger partial charge in [0.1, 0.15) is 4.70 Å². The molecule has 0 radical (unpaired) electrons. The Balaban J connectivity index is 2.07. The molecule has 2 heterocycles. The van der Waals surface area contributed by atoms with Crippen LogP contribution in [0, 0.1) is 0 Å². The first-order valence-corrected chi connectivity index (χ1v) is 7.52. The molecule has 0 saturated carbocycles. The molecule has 0 fully saturated rings. The Morgan fingerprint density at radius 2 is 2.30 bits per heavy atom. The zero-order valence-corrected chi connectivity index (χ0v) is 12.2. The number of carbonyl (C=O) groups is 2. The van der Waals surface area contributed by atoms with Gasteiger partial charge < -0.3 is 5.73 Å². The number of rotatable bonds is 4. The van der Waals surface area contributed by atoms with E-state index < -0.39 is 11.9 Å². The van der Waals surface area contributed by atoms with Crippen molar-refractivity contribution in [1.82, 2.24) is 14.9 Å². The fourth-order valence-corrected chi connectivity index (χ4v) is 3.25. The van der Waals surface area contributed by atoms with Crippen LogP contribution >= 0.6 is 23.1 Å². The van der Waals surface area contributed by atoms with E-state index in [1.807, 2.05) is 10.7 Å². The zero-order valence-electron chi connectivity index (χ0n) is 10.6. The minimum atomic E-state index is -0.870. The van der Waals surface area contributed by atoms with E-state index in [2.05, 4.69) is 4.98 Å². The average Bonchev–Trinajstić information content (AvgIpc) is 2.82. The highest BCUT2D eigenvalue weighted by molar-refractivity contribution is 7.99. The van der Waals surface area contributed by atoms with Gasteiger partial charge in [0.05, 0.1) is 5.52 Å². The highest BCUT2D eigenvalue weighted by Crippen LogP contribution is 2.20. The smallest absolute Gasteiger partial charge is 0.318 e. The number of urea groups is 1. The number of thioether (sulfide) groups is 1. The molecule has 0 spiro atoms. The SMILES string of the molecule is Cn1c(SCCC(=O)NC(N)=O)nc2ccsc2c1=O. The molecule has 2 aromatic heterocycles. The molecule has 0 aromatic carbocycles. The van der Waals surface area contributed by atoms with Gasteiger partial charge in [-0.25, -0.2) is 9.78 Å². The lowest BCUT2D eigenvalue weighted by Gasteiger charge is -2.06. The van der Waals surface area contributed by atoms with Crippen molar-refractivity contribution in [2.24, 2.45) is 12.8 Å². The monoisotopic (exact) mass is 312 g/mol. The molecule has 0 unspecified atom stereocenters. The summed E-state index contributed by atoms with van der Waals surface area (Å²) in [6.45, 7) is 0. The van der Waals surface area contributed by atoms with Crippen molar-refractivity contribution >= 4 is 45.3 Å². The van der Waals surface area contributed by atoms with E-state index in [4.69, 9.17) is 5.73 Å². The predicted octanol–water partition coefficient (Wildman–Crippen LogP) is 0.672. The molecule has 0 saturated heterocycles. The maximum absolute atomic E-state index is 12.0. The van der Waals surface area contributed by atoms with Gasteiger partial charge in [-0.05, 0) is 11.4 Å². The van der Waals surface area contributed by atoms with Crippen LogP contribution in [0.4, 0.5) is 4.79 Å². The van der Waals surface area contributed by atoms with Crippen molar-refractivity contribution in [3.63, 3.8) is 0 Å². The third kappa shape index (κ3) is 3.17. The molecule has 0 aliphatic heterocycles. The molecule has 20 heavy (non-hydrogen) atoms. The van der Waals surface area contributed by atoms with E-state index in [-0.39, 0.29) is 12.0 Å². The number of nitrogens with two attached hydrogens (primary N) is 1. The lowest BCUT2D eigenvalue weighted by atomic mass is 10.4. The fourth-order valence-electron chi connectivity index (χ4n) is 1.53. The summed E-state index contributed by atoms with van der Waals surface area (Å²) >= 11 is 2.63. The Kier molecular flexibility index (Phi) is 4.40. The van der Waals surface area contributed by atoms with Crippen molar-refractivity contribution in [2.75, 3.05) is 5.75 Å². The van der Waals surface area contributed by atoms with Crippen LogP contribution in [0.15, 0.2) is 21.4 Å².